The number of piperidine rings is 1. The zero-order chi connectivity index (χ0) is 18.7. The first-order valence-electron chi connectivity index (χ1n) is 9.09. The molecule has 0 aliphatic carbocycles. The third-order valence-corrected chi connectivity index (χ3v) is 7.08. The van der Waals surface area contributed by atoms with Crippen molar-refractivity contribution in [2.24, 2.45) is 0 Å². The quantitative estimate of drug-likeness (QED) is 0.832. The SMILES string of the molecule is COc1ccc(C(=O)NC2CCN(C)CC2)cc1S(=O)(=O)N1CCCC1. The molecule has 1 aromatic rings. The van der Waals surface area contributed by atoms with Crippen molar-refractivity contribution in [3.63, 3.8) is 0 Å². The van der Waals surface area contributed by atoms with Crippen LogP contribution in [-0.4, -0.2) is 69.9 Å². The van der Waals surface area contributed by atoms with E-state index in [4.69, 9.17) is 4.74 Å². The number of hydrogen-bond donors (Lipinski definition) is 1. The number of rotatable bonds is 5. The van der Waals surface area contributed by atoms with Crippen molar-refractivity contribution in [1.29, 1.82) is 0 Å². The lowest BCUT2D eigenvalue weighted by atomic mass is 10.0. The lowest BCUT2D eigenvalue weighted by Crippen LogP contribution is -2.43. The van der Waals surface area contributed by atoms with Crippen LogP contribution in [0.5, 0.6) is 5.75 Å². The van der Waals surface area contributed by atoms with Gasteiger partial charge in [-0.1, -0.05) is 0 Å². The van der Waals surface area contributed by atoms with E-state index in [-0.39, 0.29) is 22.6 Å². The molecule has 0 spiro atoms. The molecule has 0 unspecified atom stereocenters. The predicted molar refractivity (Wildman–Crippen MR) is 99.0 cm³/mol. The molecule has 1 aromatic carbocycles. The van der Waals surface area contributed by atoms with E-state index in [9.17, 15) is 13.2 Å². The van der Waals surface area contributed by atoms with Crippen molar-refractivity contribution in [2.75, 3.05) is 40.3 Å². The Kier molecular flexibility index (Phi) is 5.84. The molecule has 0 bridgehead atoms. The Morgan fingerprint density at radius 1 is 1.15 bits per heavy atom. The highest BCUT2D eigenvalue weighted by Gasteiger charge is 2.31. The summed E-state index contributed by atoms with van der Waals surface area (Å²) in [7, 11) is -0.149. The fraction of sp³-hybridized carbons (Fsp3) is 0.611. The molecule has 2 aliphatic heterocycles. The fourth-order valence-corrected chi connectivity index (χ4v) is 5.21. The van der Waals surface area contributed by atoms with Gasteiger partial charge in [-0.25, -0.2) is 8.42 Å². The molecule has 0 radical (unpaired) electrons. The number of methoxy groups -OCH3 is 1. The molecule has 2 heterocycles. The maximum absolute atomic E-state index is 12.9. The first kappa shape index (κ1) is 19.1. The van der Waals surface area contributed by atoms with E-state index in [1.54, 1.807) is 12.1 Å². The highest BCUT2D eigenvalue weighted by Crippen LogP contribution is 2.30. The van der Waals surface area contributed by atoms with E-state index < -0.39 is 10.0 Å². The van der Waals surface area contributed by atoms with Gasteiger partial charge in [0.2, 0.25) is 10.0 Å². The van der Waals surface area contributed by atoms with Gasteiger partial charge in [0.25, 0.3) is 5.91 Å². The fourth-order valence-electron chi connectivity index (χ4n) is 3.51. The molecule has 2 aliphatic rings. The van der Waals surface area contributed by atoms with Gasteiger partial charge in [-0.15, -0.1) is 0 Å². The minimum Gasteiger partial charge on any atom is -0.495 e. The first-order chi connectivity index (χ1) is 12.4. The van der Waals surface area contributed by atoms with Crippen LogP contribution < -0.4 is 10.1 Å². The molecule has 3 rings (SSSR count). The zero-order valence-corrected chi connectivity index (χ0v) is 16.2. The predicted octanol–water partition coefficient (Wildman–Crippen LogP) is 1.30. The summed E-state index contributed by atoms with van der Waals surface area (Å²) in [4.78, 5) is 14.9. The summed E-state index contributed by atoms with van der Waals surface area (Å²) in [5, 5.41) is 3.03. The number of nitrogens with one attached hydrogen (secondary N) is 1. The summed E-state index contributed by atoms with van der Waals surface area (Å²) in [6.07, 6.45) is 3.52. The minimum absolute atomic E-state index is 0.0675. The second kappa shape index (κ2) is 7.94. The van der Waals surface area contributed by atoms with Crippen LogP contribution in [0.4, 0.5) is 0 Å². The van der Waals surface area contributed by atoms with Crippen LogP contribution in [0.15, 0.2) is 23.1 Å². The Bertz CT molecular complexity index is 752. The van der Waals surface area contributed by atoms with E-state index in [1.165, 1.54) is 17.5 Å². The van der Waals surface area contributed by atoms with E-state index >= 15 is 0 Å². The second-order valence-corrected chi connectivity index (χ2v) is 8.93. The highest BCUT2D eigenvalue weighted by atomic mass is 32.2. The third kappa shape index (κ3) is 4.02. The standard InChI is InChI=1S/C18H27N3O4S/c1-20-11-7-15(8-12-20)19-18(22)14-5-6-16(25-2)17(13-14)26(23,24)21-9-3-4-10-21/h5-6,13,15H,3-4,7-12H2,1-2H3,(H,19,22). The maximum Gasteiger partial charge on any atom is 0.251 e. The van der Waals surface area contributed by atoms with Crippen LogP contribution in [0.1, 0.15) is 36.0 Å². The lowest BCUT2D eigenvalue weighted by molar-refractivity contribution is 0.0916. The Labute approximate surface area is 155 Å². The van der Waals surface area contributed by atoms with Gasteiger partial charge in [-0.05, 0) is 64.0 Å². The third-order valence-electron chi connectivity index (χ3n) is 5.16. The molecule has 2 fully saturated rings. The molecule has 1 amide bonds. The number of likely N-dealkylation sites (tertiary alicyclic amines) is 1. The van der Waals surface area contributed by atoms with Crippen molar-refractivity contribution in [2.45, 2.75) is 36.6 Å². The van der Waals surface area contributed by atoms with Crippen LogP contribution in [0.3, 0.4) is 0 Å². The Balaban J connectivity index is 1.81. The topological polar surface area (TPSA) is 79.0 Å². The Hall–Kier alpha value is -1.64. The molecule has 2 saturated heterocycles. The van der Waals surface area contributed by atoms with Crippen LogP contribution in [0.25, 0.3) is 0 Å². The molecule has 144 valence electrons. The number of carbonyl (C=O) groups excluding carboxylic acids is 1. The number of ether oxygens (including phenoxy) is 1. The van der Waals surface area contributed by atoms with Gasteiger partial charge in [0.15, 0.2) is 0 Å². The summed E-state index contributed by atoms with van der Waals surface area (Å²) in [5.74, 6) is 0.0350. The number of benzene rings is 1. The molecule has 0 atom stereocenters. The molecule has 26 heavy (non-hydrogen) atoms. The summed E-state index contributed by atoms with van der Waals surface area (Å²) >= 11 is 0. The van der Waals surface area contributed by atoms with E-state index in [0.717, 1.165) is 38.8 Å². The molecule has 0 aromatic heterocycles. The minimum atomic E-state index is -3.66. The average molecular weight is 381 g/mol. The normalized spacial score (nSPS) is 20.2. The molecule has 1 N–H and O–H groups in total. The summed E-state index contributed by atoms with van der Waals surface area (Å²) in [5.41, 5.74) is 0.350. The van der Waals surface area contributed by atoms with Crippen molar-refractivity contribution < 1.29 is 17.9 Å². The number of sulfonamides is 1. The summed E-state index contributed by atoms with van der Waals surface area (Å²) in [6, 6.07) is 4.74. The smallest absolute Gasteiger partial charge is 0.251 e. The average Bonchev–Trinajstić information content (AvgIpc) is 3.18. The highest BCUT2D eigenvalue weighted by molar-refractivity contribution is 7.89. The van der Waals surface area contributed by atoms with Gasteiger partial charge >= 0.3 is 0 Å². The van der Waals surface area contributed by atoms with Crippen molar-refractivity contribution >= 4 is 15.9 Å². The Morgan fingerprint density at radius 3 is 2.42 bits per heavy atom. The Morgan fingerprint density at radius 2 is 1.81 bits per heavy atom. The second-order valence-electron chi connectivity index (χ2n) is 7.03. The summed E-state index contributed by atoms with van der Waals surface area (Å²) in [6.45, 7) is 2.92. The van der Waals surface area contributed by atoms with E-state index in [2.05, 4.69) is 17.3 Å². The molecule has 7 nitrogen and oxygen atoms in total. The number of amides is 1. The maximum atomic E-state index is 12.9. The summed E-state index contributed by atoms with van der Waals surface area (Å²) < 4.78 is 32.6. The number of nitrogens with zero attached hydrogens (tertiary/aromatic N) is 2. The zero-order valence-electron chi connectivity index (χ0n) is 15.4. The molecular formula is C18H27N3O4S. The van der Waals surface area contributed by atoms with Crippen molar-refractivity contribution in [3.05, 3.63) is 23.8 Å². The van der Waals surface area contributed by atoms with Gasteiger partial charge in [0.1, 0.15) is 10.6 Å². The number of carbonyl (C=O) groups is 1. The van der Waals surface area contributed by atoms with Gasteiger partial charge < -0.3 is 15.0 Å². The van der Waals surface area contributed by atoms with Gasteiger partial charge in [-0.2, -0.15) is 4.31 Å². The number of hydrogen-bond acceptors (Lipinski definition) is 5. The molecular weight excluding hydrogens is 354 g/mol. The van der Waals surface area contributed by atoms with Crippen molar-refractivity contribution in [1.82, 2.24) is 14.5 Å². The van der Waals surface area contributed by atoms with Crippen LogP contribution in [-0.2, 0) is 10.0 Å². The van der Waals surface area contributed by atoms with Gasteiger partial charge in [0, 0.05) is 24.7 Å². The van der Waals surface area contributed by atoms with Crippen LogP contribution >= 0.6 is 0 Å². The monoisotopic (exact) mass is 381 g/mol. The van der Waals surface area contributed by atoms with Gasteiger partial charge in [-0.3, -0.25) is 4.79 Å². The van der Waals surface area contributed by atoms with E-state index in [1.807, 2.05) is 0 Å². The largest absolute Gasteiger partial charge is 0.495 e. The molecule has 8 heteroatoms. The first-order valence-corrected chi connectivity index (χ1v) is 10.5. The van der Waals surface area contributed by atoms with Crippen LogP contribution in [0, 0.1) is 0 Å². The van der Waals surface area contributed by atoms with Crippen LogP contribution in [0.2, 0.25) is 0 Å². The lowest BCUT2D eigenvalue weighted by Gasteiger charge is -2.29. The molecule has 0 saturated carbocycles. The van der Waals surface area contributed by atoms with Gasteiger partial charge in [0.05, 0.1) is 7.11 Å². The van der Waals surface area contributed by atoms with E-state index in [0.29, 0.717) is 18.7 Å². The van der Waals surface area contributed by atoms with Crippen molar-refractivity contribution in [3.8, 4) is 5.75 Å².